The number of nitrogens with zero attached hydrogens (tertiary/aromatic N) is 2. The zero-order valence-electron chi connectivity index (χ0n) is 8.30. The Morgan fingerprint density at radius 2 is 2.20 bits per heavy atom. The van der Waals surface area contributed by atoms with Crippen molar-refractivity contribution >= 4 is 11.6 Å². The first kappa shape index (κ1) is 11.0. The summed E-state index contributed by atoms with van der Waals surface area (Å²) in [7, 11) is 0. The molecule has 6 nitrogen and oxygen atoms in total. The summed E-state index contributed by atoms with van der Waals surface area (Å²) in [5.41, 5.74) is 11.7. The third kappa shape index (κ3) is 2.94. The molecular formula is C9H12N4O2. The van der Waals surface area contributed by atoms with E-state index in [1.165, 1.54) is 6.07 Å². The number of benzene rings is 1. The van der Waals surface area contributed by atoms with E-state index < -0.39 is 4.92 Å². The quantitative estimate of drug-likeness (QED) is 0.329. The fourth-order valence-electron chi connectivity index (χ4n) is 1.13. The molecule has 0 heterocycles. The van der Waals surface area contributed by atoms with Crippen LogP contribution in [0.5, 0.6) is 0 Å². The predicted octanol–water partition coefficient (Wildman–Crippen LogP) is 0.677. The van der Waals surface area contributed by atoms with E-state index in [-0.39, 0.29) is 18.2 Å². The van der Waals surface area contributed by atoms with Crippen LogP contribution in [0.1, 0.15) is 11.1 Å². The van der Waals surface area contributed by atoms with E-state index in [1.807, 2.05) is 0 Å². The molecule has 0 aliphatic carbocycles. The molecule has 0 atom stereocenters. The molecule has 1 aromatic carbocycles. The maximum Gasteiger partial charge on any atom is 0.272 e. The monoisotopic (exact) mass is 208 g/mol. The molecule has 1 rings (SSSR count). The second kappa shape index (κ2) is 4.41. The molecule has 0 aliphatic rings. The molecule has 0 aromatic heterocycles. The summed E-state index contributed by atoms with van der Waals surface area (Å²) in [6.45, 7) is 1.94. The van der Waals surface area contributed by atoms with Gasteiger partial charge in [0.15, 0.2) is 5.96 Å². The molecule has 6 heteroatoms. The Morgan fingerprint density at radius 1 is 1.53 bits per heavy atom. The van der Waals surface area contributed by atoms with Gasteiger partial charge in [0.25, 0.3) is 5.69 Å². The number of hydrogen-bond acceptors (Lipinski definition) is 3. The number of aliphatic imine (C=N–C) groups is 1. The van der Waals surface area contributed by atoms with Crippen LogP contribution in [0.4, 0.5) is 5.69 Å². The van der Waals surface area contributed by atoms with Gasteiger partial charge in [0.05, 0.1) is 11.5 Å². The van der Waals surface area contributed by atoms with E-state index in [2.05, 4.69) is 4.99 Å². The lowest BCUT2D eigenvalue weighted by molar-refractivity contribution is -0.385. The van der Waals surface area contributed by atoms with E-state index >= 15 is 0 Å². The molecule has 0 saturated carbocycles. The van der Waals surface area contributed by atoms with Crippen LogP contribution >= 0.6 is 0 Å². The lowest BCUT2D eigenvalue weighted by Crippen LogP contribution is -2.22. The summed E-state index contributed by atoms with van der Waals surface area (Å²) in [4.78, 5) is 14.0. The third-order valence-electron chi connectivity index (χ3n) is 1.91. The second-order valence-electron chi connectivity index (χ2n) is 3.12. The van der Waals surface area contributed by atoms with Gasteiger partial charge in [0.1, 0.15) is 0 Å². The maximum absolute atomic E-state index is 10.6. The van der Waals surface area contributed by atoms with Crippen molar-refractivity contribution < 1.29 is 4.92 Å². The van der Waals surface area contributed by atoms with E-state index in [9.17, 15) is 10.1 Å². The second-order valence-corrected chi connectivity index (χ2v) is 3.12. The van der Waals surface area contributed by atoms with Crippen molar-refractivity contribution in [1.82, 2.24) is 0 Å². The number of aryl methyl sites for hydroxylation is 1. The highest BCUT2D eigenvalue weighted by Gasteiger charge is 2.10. The number of nitro groups is 1. The topological polar surface area (TPSA) is 108 Å². The number of hydrogen-bond donors (Lipinski definition) is 2. The Balaban J connectivity index is 2.98. The van der Waals surface area contributed by atoms with Crippen LogP contribution < -0.4 is 11.5 Å². The van der Waals surface area contributed by atoms with Gasteiger partial charge in [-0.25, -0.2) is 4.99 Å². The van der Waals surface area contributed by atoms with Crippen molar-refractivity contribution in [3.8, 4) is 0 Å². The van der Waals surface area contributed by atoms with Crippen LogP contribution in [0.15, 0.2) is 23.2 Å². The molecule has 0 aliphatic heterocycles. The smallest absolute Gasteiger partial charge is 0.272 e. The molecule has 15 heavy (non-hydrogen) atoms. The van der Waals surface area contributed by atoms with Gasteiger partial charge in [-0.05, 0) is 12.5 Å². The summed E-state index contributed by atoms with van der Waals surface area (Å²) in [5, 5.41) is 10.6. The molecule has 0 amide bonds. The van der Waals surface area contributed by atoms with Gasteiger partial charge in [0, 0.05) is 11.6 Å². The average Bonchev–Trinajstić information content (AvgIpc) is 2.16. The van der Waals surface area contributed by atoms with Gasteiger partial charge in [-0.1, -0.05) is 12.1 Å². The molecule has 0 spiro atoms. The zero-order chi connectivity index (χ0) is 11.4. The molecular weight excluding hydrogens is 196 g/mol. The Labute approximate surface area is 86.8 Å². The zero-order valence-corrected chi connectivity index (χ0v) is 8.30. The minimum absolute atomic E-state index is 0.0294. The summed E-state index contributed by atoms with van der Waals surface area (Å²) in [6, 6.07) is 4.91. The van der Waals surface area contributed by atoms with Crippen LogP contribution in [0.25, 0.3) is 0 Å². The highest BCUT2D eigenvalue weighted by molar-refractivity contribution is 5.75. The standard InChI is InChI=1S/C9H12N4O2/c1-6-2-3-7(5-12-9(10)11)4-8(6)13(14)15/h2-4H,5H2,1H3,(H4,10,11,12). The Bertz CT molecular complexity index is 411. The number of guanidine groups is 1. The van der Waals surface area contributed by atoms with Gasteiger partial charge in [-0.15, -0.1) is 0 Å². The Kier molecular flexibility index (Phi) is 3.22. The van der Waals surface area contributed by atoms with E-state index in [0.29, 0.717) is 11.1 Å². The number of nitro benzene ring substituents is 1. The summed E-state index contributed by atoms with van der Waals surface area (Å²) in [5.74, 6) is -0.0294. The van der Waals surface area contributed by atoms with Crippen LogP contribution in [-0.2, 0) is 6.54 Å². The van der Waals surface area contributed by atoms with Gasteiger partial charge in [-0.3, -0.25) is 10.1 Å². The van der Waals surface area contributed by atoms with Crippen molar-refractivity contribution in [3.05, 3.63) is 39.4 Å². The predicted molar refractivity (Wildman–Crippen MR) is 57.3 cm³/mol. The van der Waals surface area contributed by atoms with Crippen molar-refractivity contribution in [1.29, 1.82) is 0 Å². The number of nitrogens with two attached hydrogens (primary N) is 2. The molecule has 0 fully saturated rings. The first-order valence-corrected chi connectivity index (χ1v) is 4.30. The average molecular weight is 208 g/mol. The van der Waals surface area contributed by atoms with Gasteiger partial charge in [-0.2, -0.15) is 0 Å². The molecule has 0 unspecified atom stereocenters. The van der Waals surface area contributed by atoms with Gasteiger partial charge < -0.3 is 11.5 Å². The fraction of sp³-hybridized carbons (Fsp3) is 0.222. The number of rotatable bonds is 3. The van der Waals surface area contributed by atoms with E-state index in [1.54, 1.807) is 19.1 Å². The van der Waals surface area contributed by atoms with Crippen molar-refractivity contribution in [2.75, 3.05) is 0 Å². The van der Waals surface area contributed by atoms with Crippen LogP contribution in [0.3, 0.4) is 0 Å². The first-order valence-electron chi connectivity index (χ1n) is 4.30. The highest BCUT2D eigenvalue weighted by atomic mass is 16.6. The van der Waals surface area contributed by atoms with Crippen LogP contribution in [-0.4, -0.2) is 10.9 Å². The Morgan fingerprint density at radius 3 is 2.73 bits per heavy atom. The fourth-order valence-corrected chi connectivity index (χ4v) is 1.13. The third-order valence-corrected chi connectivity index (χ3v) is 1.91. The summed E-state index contributed by atoms with van der Waals surface area (Å²) in [6.07, 6.45) is 0. The minimum Gasteiger partial charge on any atom is -0.370 e. The molecule has 0 saturated heterocycles. The molecule has 80 valence electrons. The highest BCUT2D eigenvalue weighted by Crippen LogP contribution is 2.19. The van der Waals surface area contributed by atoms with E-state index in [4.69, 9.17) is 11.5 Å². The molecule has 4 N–H and O–H groups in total. The largest absolute Gasteiger partial charge is 0.370 e. The normalized spacial score (nSPS) is 9.67. The van der Waals surface area contributed by atoms with Crippen LogP contribution in [0.2, 0.25) is 0 Å². The summed E-state index contributed by atoms with van der Waals surface area (Å²) >= 11 is 0. The SMILES string of the molecule is Cc1ccc(CN=C(N)N)cc1[N+](=O)[O-]. The molecule has 0 bridgehead atoms. The van der Waals surface area contributed by atoms with Crippen molar-refractivity contribution in [3.63, 3.8) is 0 Å². The molecule has 1 aromatic rings. The van der Waals surface area contributed by atoms with Crippen LogP contribution in [0, 0.1) is 17.0 Å². The van der Waals surface area contributed by atoms with Crippen molar-refractivity contribution in [2.24, 2.45) is 16.5 Å². The van der Waals surface area contributed by atoms with Gasteiger partial charge >= 0.3 is 0 Å². The molecule has 0 radical (unpaired) electrons. The Hall–Kier alpha value is -2.11. The lowest BCUT2D eigenvalue weighted by Gasteiger charge is -2.00. The minimum atomic E-state index is -0.422. The summed E-state index contributed by atoms with van der Waals surface area (Å²) < 4.78 is 0. The lowest BCUT2D eigenvalue weighted by atomic mass is 10.1. The van der Waals surface area contributed by atoms with E-state index in [0.717, 1.165) is 0 Å². The first-order chi connectivity index (χ1) is 7.00. The van der Waals surface area contributed by atoms with Crippen molar-refractivity contribution in [2.45, 2.75) is 13.5 Å². The van der Waals surface area contributed by atoms with Gasteiger partial charge in [0.2, 0.25) is 0 Å². The maximum atomic E-state index is 10.6.